The van der Waals surface area contributed by atoms with Crippen LogP contribution >= 0.6 is 11.3 Å². The van der Waals surface area contributed by atoms with Crippen LogP contribution in [0.5, 0.6) is 0 Å². The molecule has 1 unspecified atom stereocenters. The summed E-state index contributed by atoms with van der Waals surface area (Å²) in [6.07, 6.45) is -6.31. The Hall–Kier alpha value is -2.18. The Morgan fingerprint density at radius 1 is 1.43 bits per heavy atom. The molecule has 0 aliphatic heterocycles. The molecule has 2 rings (SSSR count). The van der Waals surface area contributed by atoms with Gasteiger partial charge in [-0.2, -0.15) is 18.4 Å². The highest BCUT2D eigenvalue weighted by atomic mass is 32.1. The molecule has 1 atom stereocenters. The number of carbonyl (C=O) groups is 1. The molecule has 1 aromatic carbocycles. The van der Waals surface area contributed by atoms with E-state index >= 15 is 0 Å². The van der Waals surface area contributed by atoms with Gasteiger partial charge in [0.1, 0.15) is 11.6 Å². The topological polar surface area (TPSA) is 77.2 Å². The molecule has 0 aliphatic rings. The van der Waals surface area contributed by atoms with E-state index in [2.05, 4.69) is 4.98 Å². The van der Waals surface area contributed by atoms with Crippen LogP contribution in [0.2, 0.25) is 0 Å². The van der Waals surface area contributed by atoms with Gasteiger partial charge in [0.25, 0.3) is 0 Å². The van der Waals surface area contributed by atoms with Gasteiger partial charge in [-0.3, -0.25) is 4.79 Å². The van der Waals surface area contributed by atoms with Gasteiger partial charge >= 0.3 is 6.18 Å². The van der Waals surface area contributed by atoms with Crippen LogP contribution in [0.4, 0.5) is 13.2 Å². The van der Waals surface area contributed by atoms with Crippen LogP contribution in [-0.4, -0.2) is 40.7 Å². The number of hydrogen-bond acceptors (Lipinski definition) is 5. The average molecular weight is 343 g/mol. The Kier molecular flexibility index (Phi) is 4.58. The summed E-state index contributed by atoms with van der Waals surface area (Å²) in [6, 6.07) is 8.02. The zero-order chi connectivity index (χ0) is 17.3. The van der Waals surface area contributed by atoms with E-state index in [0.717, 1.165) is 4.90 Å². The molecule has 9 heteroatoms. The first kappa shape index (κ1) is 17.2. The van der Waals surface area contributed by atoms with Crippen molar-refractivity contribution in [3.63, 3.8) is 0 Å². The highest BCUT2D eigenvalue weighted by Crippen LogP contribution is 2.44. The van der Waals surface area contributed by atoms with Gasteiger partial charge in [0.15, 0.2) is 0 Å². The average Bonchev–Trinajstić information content (AvgIpc) is 2.90. The number of thiazole rings is 1. The number of para-hydroxylation sites is 1. The molecular formula is C14H12F3N3O2S. The smallest absolute Gasteiger partial charge is 0.374 e. The lowest BCUT2D eigenvalue weighted by molar-refractivity contribution is -0.268. The quantitative estimate of drug-likeness (QED) is 0.865. The van der Waals surface area contributed by atoms with Gasteiger partial charge in [-0.25, -0.2) is 4.98 Å². The Morgan fingerprint density at radius 2 is 2.09 bits per heavy atom. The van der Waals surface area contributed by atoms with Gasteiger partial charge in [-0.15, -0.1) is 11.3 Å². The molecule has 0 radical (unpaired) electrons. The van der Waals surface area contributed by atoms with Crippen molar-refractivity contribution in [2.75, 3.05) is 13.6 Å². The monoisotopic (exact) mass is 343 g/mol. The number of hydrogen-bond donors (Lipinski definition) is 1. The van der Waals surface area contributed by atoms with Gasteiger partial charge in [-0.1, -0.05) is 12.1 Å². The molecule has 1 heterocycles. The minimum Gasteiger partial charge on any atom is -0.374 e. The number of aliphatic hydroxyl groups is 1. The number of rotatable bonds is 4. The molecule has 0 spiro atoms. The van der Waals surface area contributed by atoms with Gasteiger partial charge in [0, 0.05) is 7.05 Å². The van der Waals surface area contributed by atoms with Gasteiger partial charge in [-0.05, 0) is 12.1 Å². The van der Waals surface area contributed by atoms with E-state index < -0.39 is 29.1 Å². The van der Waals surface area contributed by atoms with Crippen LogP contribution in [0.1, 0.15) is 11.4 Å². The molecule has 0 saturated heterocycles. The molecule has 1 aromatic heterocycles. The van der Waals surface area contributed by atoms with E-state index in [1.165, 1.54) is 13.1 Å². The van der Waals surface area contributed by atoms with Crippen LogP contribution in [-0.2, 0) is 10.4 Å². The summed E-state index contributed by atoms with van der Waals surface area (Å²) in [5.74, 6) is -0.995. The number of halogens is 3. The number of aromatic nitrogens is 1. The SMILES string of the molecule is CN(CC#N)C(=O)CC(O)(c1nc2ccccc2s1)C(F)(F)F. The molecule has 23 heavy (non-hydrogen) atoms. The van der Waals surface area contributed by atoms with E-state index in [4.69, 9.17) is 5.26 Å². The molecular weight excluding hydrogens is 331 g/mol. The first-order chi connectivity index (χ1) is 10.7. The molecule has 1 N–H and O–H groups in total. The Bertz CT molecular complexity index is 735. The van der Waals surface area contributed by atoms with E-state index in [9.17, 15) is 23.1 Å². The summed E-state index contributed by atoms with van der Waals surface area (Å²) < 4.78 is 40.7. The Balaban J connectivity index is 2.44. The molecule has 0 saturated carbocycles. The highest BCUT2D eigenvalue weighted by molar-refractivity contribution is 7.18. The summed E-state index contributed by atoms with van der Waals surface area (Å²) in [7, 11) is 1.20. The van der Waals surface area contributed by atoms with Crippen molar-refractivity contribution >= 4 is 27.5 Å². The van der Waals surface area contributed by atoms with E-state index in [1.807, 2.05) is 0 Å². The van der Waals surface area contributed by atoms with Crippen molar-refractivity contribution in [2.24, 2.45) is 0 Å². The zero-order valence-corrected chi connectivity index (χ0v) is 12.8. The summed E-state index contributed by atoms with van der Waals surface area (Å²) in [4.78, 5) is 16.5. The predicted octanol–water partition coefficient (Wildman–Crippen LogP) is 2.42. The van der Waals surface area contributed by atoms with Crippen molar-refractivity contribution in [3.05, 3.63) is 29.3 Å². The fourth-order valence-corrected chi connectivity index (χ4v) is 2.97. The summed E-state index contributed by atoms with van der Waals surface area (Å²) in [5.41, 5.74) is -3.08. The number of carbonyl (C=O) groups excluding carboxylic acids is 1. The maximum Gasteiger partial charge on any atom is 0.424 e. The minimum atomic E-state index is -5.08. The number of alkyl halides is 3. The maximum atomic E-state index is 13.4. The fraction of sp³-hybridized carbons (Fsp3) is 0.357. The minimum absolute atomic E-state index is 0.313. The lowest BCUT2D eigenvalue weighted by Gasteiger charge is -2.29. The molecule has 2 aromatic rings. The van der Waals surface area contributed by atoms with E-state index in [1.54, 1.807) is 24.3 Å². The van der Waals surface area contributed by atoms with Crippen molar-refractivity contribution in [2.45, 2.75) is 18.2 Å². The summed E-state index contributed by atoms with van der Waals surface area (Å²) >= 11 is 0.681. The third-order valence-corrected chi connectivity index (χ3v) is 4.44. The standard InChI is InChI=1S/C14H12F3N3O2S/c1-20(7-6-18)11(21)8-13(22,14(15,16)17)12-19-9-4-2-3-5-10(9)23-12/h2-5,22H,7-8H2,1H3. The molecule has 1 amide bonds. The largest absolute Gasteiger partial charge is 0.424 e. The second-order valence-corrected chi connectivity index (χ2v) is 5.96. The molecule has 122 valence electrons. The third kappa shape index (κ3) is 3.28. The lowest BCUT2D eigenvalue weighted by atomic mass is 9.99. The fourth-order valence-electron chi connectivity index (χ4n) is 1.89. The number of benzene rings is 1. The van der Waals surface area contributed by atoms with Gasteiger partial charge < -0.3 is 10.0 Å². The van der Waals surface area contributed by atoms with Crippen molar-refractivity contribution < 1.29 is 23.1 Å². The molecule has 0 fully saturated rings. The van der Waals surface area contributed by atoms with Crippen LogP contribution in [0.3, 0.4) is 0 Å². The second kappa shape index (κ2) is 6.14. The van der Waals surface area contributed by atoms with Crippen molar-refractivity contribution in [3.8, 4) is 6.07 Å². The van der Waals surface area contributed by atoms with Crippen molar-refractivity contribution in [1.82, 2.24) is 9.88 Å². The summed E-state index contributed by atoms with van der Waals surface area (Å²) in [5, 5.41) is 18.1. The number of nitriles is 1. The Morgan fingerprint density at radius 3 is 2.65 bits per heavy atom. The summed E-state index contributed by atoms with van der Waals surface area (Å²) in [6.45, 7) is -0.368. The van der Waals surface area contributed by atoms with Crippen LogP contribution in [0.15, 0.2) is 24.3 Å². The van der Waals surface area contributed by atoms with E-state index in [-0.39, 0.29) is 6.54 Å². The van der Waals surface area contributed by atoms with Crippen LogP contribution in [0, 0.1) is 11.3 Å². The predicted molar refractivity (Wildman–Crippen MR) is 77.4 cm³/mol. The number of fused-ring (bicyclic) bond motifs is 1. The normalized spacial score (nSPS) is 14.3. The molecule has 0 aliphatic carbocycles. The maximum absolute atomic E-state index is 13.4. The zero-order valence-electron chi connectivity index (χ0n) is 12.0. The molecule has 5 nitrogen and oxygen atoms in total. The Labute approximate surface area is 133 Å². The first-order valence-electron chi connectivity index (χ1n) is 6.45. The molecule has 0 bridgehead atoms. The van der Waals surface area contributed by atoms with Crippen molar-refractivity contribution in [1.29, 1.82) is 5.26 Å². The van der Waals surface area contributed by atoms with Gasteiger partial charge in [0.05, 0.1) is 22.7 Å². The lowest BCUT2D eigenvalue weighted by Crippen LogP contribution is -2.46. The number of nitrogens with zero attached hydrogens (tertiary/aromatic N) is 3. The third-order valence-electron chi connectivity index (χ3n) is 3.26. The van der Waals surface area contributed by atoms with E-state index in [0.29, 0.717) is 21.6 Å². The van der Waals surface area contributed by atoms with Gasteiger partial charge in [0.2, 0.25) is 11.5 Å². The van der Waals surface area contributed by atoms with Crippen LogP contribution in [0.25, 0.3) is 10.2 Å². The first-order valence-corrected chi connectivity index (χ1v) is 7.27. The number of amides is 1. The van der Waals surface area contributed by atoms with Crippen LogP contribution < -0.4 is 0 Å². The highest BCUT2D eigenvalue weighted by Gasteiger charge is 2.58. The second-order valence-electron chi connectivity index (χ2n) is 4.93.